The minimum absolute atomic E-state index is 0.194. The summed E-state index contributed by atoms with van der Waals surface area (Å²) < 4.78 is 15.9. The number of carbonyl (C=O) groups is 3. The first kappa shape index (κ1) is 28.4. The summed E-state index contributed by atoms with van der Waals surface area (Å²) in [6, 6.07) is 13.6. The lowest BCUT2D eigenvalue weighted by Gasteiger charge is -2.22. The lowest BCUT2D eigenvalue weighted by molar-refractivity contribution is 0.0544. The maximum atomic E-state index is 12.5. The van der Waals surface area contributed by atoms with Crippen molar-refractivity contribution in [2.45, 2.75) is 72.5 Å². The molecule has 2 N–H and O–H groups in total. The molecule has 0 bridgehead atoms. The van der Waals surface area contributed by atoms with E-state index in [4.69, 9.17) is 14.2 Å². The topological polar surface area (TPSA) is 115 Å². The Hall–Kier alpha value is -3.88. The second-order valence-corrected chi connectivity index (χ2v) is 10.0. The van der Waals surface area contributed by atoms with Crippen LogP contribution in [0.3, 0.4) is 0 Å². The molecule has 36 heavy (non-hydrogen) atoms. The number of nitrogens with zero attached hydrogens (tertiary/aromatic N) is 1. The van der Waals surface area contributed by atoms with Crippen LogP contribution in [0.25, 0.3) is 0 Å². The Bertz CT molecular complexity index is 1050. The number of ether oxygens (including phenoxy) is 3. The van der Waals surface area contributed by atoms with Gasteiger partial charge in [0.05, 0.1) is 11.3 Å². The Labute approximate surface area is 212 Å². The first-order valence-electron chi connectivity index (χ1n) is 11.7. The molecule has 2 aromatic carbocycles. The highest BCUT2D eigenvalue weighted by Gasteiger charge is 2.21. The number of rotatable bonds is 5. The summed E-state index contributed by atoms with van der Waals surface area (Å²) in [7, 11) is 0. The van der Waals surface area contributed by atoms with E-state index in [1.807, 2.05) is 12.1 Å². The zero-order valence-electron chi connectivity index (χ0n) is 21.9. The largest absolute Gasteiger partial charge is 0.444 e. The number of carbonyl (C=O) groups excluding carboxylic acids is 3. The molecule has 0 aliphatic rings. The van der Waals surface area contributed by atoms with E-state index in [1.165, 1.54) is 17.7 Å². The van der Waals surface area contributed by atoms with Crippen molar-refractivity contribution in [2.75, 3.05) is 0 Å². The molecule has 0 spiro atoms. The number of esters is 1. The first-order chi connectivity index (χ1) is 16.7. The second-order valence-electron chi connectivity index (χ2n) is 10.0. The van der Waals surface area contributed by atoms with Crippen molar-refractivity contribution < 1.29 is 28.6 Å². The number of alkyl carbamates (subject to hydrolysis) is 2. The van der Waals surface area contributed by atoms with Gasteiger partial charge in [0.15, 0.2) is 0 Å². The molecule has 9 nitrogen and oxygen atoms in total. The van der Waals surface area contributed by atoms with Gasteiger partial charge in [-0.1, -0.05) is 25.5 Å². The van der Waals surface area contributed by atoms with Gasteiger partial charge in [-0.2, -0.15) is 0 Å². The van der Waals surface area contributed by atoms with E-state index in [9.17, 15) is 14.4 Å². The van der Waals surface area contributed by atoms with E-state index in [1.54, 1.807) is 65.8 Å². The summed E-state index contributed by atoms with van der Waals surface area (Å²) in [6.45, 7) is 12.4. The number of amides is 2. The van der Waals surface area contributed by atoms with Gasteiger partial charge in [-0.3, -0.25) is 10.6 Å². The lowest BCUT2D eigenvalue weighted by atomic mass is 10.1. The summed E-state index contributed by atoms with van der Waals surface area (Å²) in [4.78, 5) is 41.2. The Morgan fingerprint density at radius 3 is 1.72 bits per heavy atom. The third-order valence-electron chi connectivity index (χ3n) is 4.26. The summed E-state index contributed by atoms with van der Waals surface area (Å²) >= 11 is 0. The average Bonchev–Trinajstić information content (AvgIpc) is 2.73. The predicted octanol–water partition coefficient (Wildman–Crippen LogP) is 5.90. The number of nitrogens with one attached hydrogen (secondary N) is 2. The van der Waals surface area contributed by atoms with Crippen LogP contribution >= 0.6 is 0 Å². The fraction of sp³-hybridized carbons (Fsp3) is 0.407. The number of hydrogen-bond acceptors (Lipinski definition) is 7. The van der Waals surface area contributed by atoms with Crippen molar-refractivity contribution in [2.24, 2.45) is 4.99 Å². The van der Waals surface area contributed by atoms with Gasteiger partial charge in [-0.05, 0) is 89.9 Å². The molecule has 0 aliphatic heterocycles. The fourth-order valence-corrected chi connectivity index (χ4v) is 2.87. The number of hydrogen-bond donors (Lipinski definition) is 2. The molecule has 0 saturated carbocycles. The quantitative estimate of drug-likeness (QED) is 0.230. The van der Waals surface area contributed by atoms with Crippen LogP contribution in [0.5, 0.6) is 5.75 Å². The SMILES string of the molecule is CCCc1ccc(OC(=O)c2ccc(N=C(NC(=O)OC(C)(C)C)NC(=O)OC(C)(C)C)cc2)cc1. The molecule has 0 saturated heterocycles. The van der Waals surface area contributed by atoms with Gasteiger partial charge in [0.25, 0.3) is 0 Å². The molecule has 0 heterocycles. The summed E-state index contributed by atoms with van der Waals surface area (Å²) in [5, 5.41) is 4.82. The minimum atomic E-state index is -0.803. The highest BCUT2D eigenvalue weighted by Crippen LogP contribution is 2.18. The Morgan fingerprint density at radius 2 is 1.28 bits per heavy atom. The maximum Gasteiger partial charge on any atom is 0.414 e. The predicted molar refractivity (Wildman–Crippen MR) is 138 cm³/mol. The Morgan fingerprint density at radius 1 is 0.778 bits per heavy atom. The zero-order chi connectivity index (χ0) is 26.9. The van der Waals surface area contributed by atoms with E-state index in [2.05, 4.69) is 22.5 Å². The fourth-order valence-electron chi connectivity index (χ4n) is 2.87. The smallest absolute Gasteiger partial charge is 0.414 e. The zero-order valence-corrected chi connectivity index (χ0v) is 21.9. The van der Waals surface area contributed by atoms with Gasteiger partial charge in [0.1, 0.15) is 17.0 Å². The van der Waals surface area contributed by atoms with Crippen LogP contribution in [-0.4, -0.2) is 35.3 Å². The van der Waals surface area contributed by atoms with E-state index in [0.717, 1.165) is 12.8 Å². The van der Waals surface area contributed by atoms with Gasteiger partial charge in [-0.15, -0.1) is 0 Å². The lowest BCUT2D eigenvalue weighted by Crippen LogP contribution is -2.47. The molecule has 194 valence electrons. The van der Waals surface area contributed by atoms with E-state index < -0.39 is 29.4 Å². The Kier molecular flexibility index (Phi) is 9.60. The number of aryl methyl sites for hydroxylation is 1. The van der Waals surface area contributed by atoms with Gasteiger partial charge < -0.3 is 14.2 Å². The summed E-state index contributed by atoms with van der Waals surface area (Å²) in [5.41, 5.74) is 0.347. The molecule has 0 atom stereocenters. The number of guanidine groups is 1. The molecule has 0 radical (unpaired) electrons. The molecular formula is C27H35N3O6. The molecule has 0 aliphatic carbocycles. The minimum Gasteiger partial charge on any atom is -0.444 e. The molecule has 0 aromatic heterocycles. The van der Waals surface area contributed by atoms with Gasteiger partial charge in [-0.25, -0.2) is 19.4 Å². The van der Waals surface area contributed by atoms with Crippen molar-refractivity contribution in [1.82, 2.24) is 10.6 Å². The second kappa shape index (κ2) is 12.2. The van der Waals surface area contributed by atoms with Crippen molar-refractivity contribution in [3.05, 3.63) is 59.7 Å². The third kappa shape index (κ3) is 10.6. The standard InChI is InChI=1S/C27H35N3O6/c1-8-9-18-10-16-21(17-11-18)34-22(31)19-12-14-20(15-13-19)28-23(29-24(32)35-26(2,3)4)30-25(33)36-27(5,6)7/h10-17H,8-9H2,1-7H3,(H2,28,29,30,32,33). The van der Waals surface area contributed by atoms with Crippen LogP contribution < -0.4 is 15.4 Å². The molecule has 2 amide bonds. The molecular weight excluding hydrogens is 462 g/mol. The average molecular weight is 498 g/mol. The third-order valence-corrected chi connectivity index (χ3v) is 4.26. The summed E-state index contributed by atoms with van der Waals surface area (Å²) in [5.74, 6) is -0.263. The first-order valence-corrected chi connectivity index (χ1v) is 11.7. The van der Waals surface area contributed by atoms with Crippen molar-refractivity contribution in [3.63, 3.8) is 0 Å². The van der Waals surface area contributed by atoms with Gasteiger partial charge in [0.2, 0.25) is 5.96 Å². The molecule has 0 fully saturated rings. The van der Waals surface area contributed by atoms with Crippen molar-refractivity contribution >= 4 is 29.8 Å². The van der Waals surface area contributed by atoms with E-state index in [-0.39, 0.29) is 5.96 Å². The van der Waals surface area contributed by atoms with Crippen LogP contribution in [-0.2, 0) is 15.9 Å². The molecule has 0 unspecified atom stereocenters. The molecule has 9 heteroatoms. The molecule has 2 rings (SSSR count). The van der Waals surface area contributed by atoms with Crippen LogP contribution in [0.4, 0.5) is 15.3 Å². The van der Waals surface area contributed by atoms with Gasteiger partial charge in [0, 0.05) is 0 Å². The van der Waals surface area contributed by atoms with Crippen LogP contribution in [0.15, 0.2) is 53.5 Å². The van der Waals surface area contributed by atoms with Crippen LogP contribution in [0.2, 0.25) is 0 Å². The number of aliphatic imine (C=N–C) groups is 1. The highest BCUT2D eigenvalue weighted by atomic mass is 16.6. The monoisotopic (exact) mass is 497 g/mol. The van der Waals surface area contributed by atoms with E-state index >= 15 is 0 Å². The summed E-state index contributed by atoms with van der Waals surface area (Å²) in [6.07, 6.45) is 0.393. The Balaban J connectivity index is 2.15. The van der Waals surface area contributed by atoms with Crippen LogP contribution in [0, 0.1) is 0 Å². The van der Waals surface area contributed by atoms with Crippen LogP contribution in [0.1, 0.15) is 70.8 Å². The maximum absolute atomic E-state index is 12.5. The highest BCUT2D eigenvalue weighted by molar-refractivity contribution is 6.02. The van der Waals surface area contributed by atoms with Crippen molar-refractivity contribution in [1.29, 1.82) is 0 Å². The van der Waals surface area contributed by atoms with Crippen molar-refractivity contribution in [3.8, 4) is 5.75 Å². The van der Waals surface area contributed by atoms with Gasteiger partial charge >= 0.3 is 18.2 Å². The molecule has 2 aromatic rings. The van der Waals surface area contributed by atoms with E-state index in [0.29, 0.717) is 17.0 Å². The normalized spacial score (nSPS) is 11.2. The number of benzene rings is 2.